The fourth-order valence-electron chi connectivity index (χ4n) is 1.06. The van der Waals surface area contributed by atoms with Crippen molar-refractivity contribution in [2.75, 3.05) is 11.6 Å². The first-order valence-electron chi connectivity index (χ1n) is 3.76. The largest absolute Gasteiger partial charge is 0.324 e. The first-order valence-corrected chi connectivity index (χ1v) is 5.36. The lowest BCUT2D eigenvalue weighted by atomic mass is 10.2. The second-order valence-electron chi connectivity index (χ2n) is 2.59. The molecule has 13 heavy (non-hydrogen) atoms. The Morgan fingerprint density at radius 2 is 2.46 bits per heavy atom. The van der Waals surface area contributed by atoms with Gasteiger partial charge in [-0.3, -0.25) is 0 Å². The van der Waals surface area contributed by atoms with Gasteiger partial charge in [0.15, 0.2) is 0 Å². The van der Waals surface area contributed by atoms with E-state index < -0.39 is 4.45 Å². The van der Waals surface area contributed by atoms with E-state index >= 15 is 0 Å². The summed E-state index contributed by atoms with van der Waals surface area (Å²) >= 11 is 7.53. The van der Waals surface area contributed by atoms with Gasteiger partial charge in [-0.2, -0.15) is 0 Å². The zero-order valence-corrected chi connectivity index (χ0v) is 8.56. The van der Waals surface area contributed by atoms with Crippen molar-refractivity contribution in [1.29, 1.82) is 0 Å². The third-order valence-electron chi connectivity index (χ3n) is 1.75. The van der Waals surface area contributed by atoms with Crippen LogP contribution >= 0.6 is 23.4 Å². The summed E-state index contributed by atoms with van der Waals surface area (Å²) < 4.78 is -0.790. The maximum Gasteiger partial charge on any atom is 0.256 e. The number of nitrogens with zero attached hydrogens (tertiary/aromatic N) is 2. The number of nitrogens with one attached hydrogen (secondary N) is 1. The Bertz CT molecular complexity index is 355. The molecule has 2 rings (SSSR count). The standard InChI is InChI=1S/C8H8ClN3S/c1-13-8(9)11-5-6-3-2-4-10-7(6)12-8/h2-5H,1H3,(H,10,12). The van der Waals surface area contributed by atoms with E-state index in [2.05, 4.69) is 15.3 Å². The van der Waals surface area contributed by atoms with Gasteiger partial charge in [-0.05, 0) is 18.4 Å². The zero-order chi connectivity index (χ0) is 9.31. The van der Waals surface area contributed by atoms with E-state index in [1.807, 2.05) is 18.4 Å². The van der Waals surface area contributed by atoms with E-state index in [4.69, 9.17) is 11.6 Å². The van der Waals surface area contributed by atoms with Crippen LogP contribution in [0.2, 0.25) is 0 Å². The summed E-state index contributed by atoms with van der Waals surface area (Å²) in [7, 11) is 0. The maximum atomic E-state index is 6.10. The highest BCUT2D eigenvalue weighted by Gasteiger charge is 2.28. The fourth-order valence-corrected chi connectivity index (χ4v) is 1.56. The van der Waals surface area contributed by atoms with Crippen LogP contribution in [0.5, 0.6) is 0 Å². The number of thioether (sulfide) groups is 1. The molecule has 0 radical (unpaired) electrons. The molecule has 1 atom stereocenters. The minimum Gasteiger partial charge on any atom is -0.324 e. The van der Waals surface area contributed by atoms with Gasteiger partial charge in [-0.25, -0.2) is 9.98 Å². The van der Waals surface area contributed by atoms with Gasteiger partial charge in [0, 0.05) is 18.0 Å². The number of hydrogen-bond donors (Lipinski definition) is 1. The predicted octanol–water partition coefficient (Wildman–Crippen LogP) is 2.14. The van der Waals surface area contributed by atoms with Gasteiger partial charge in [0.1, 0.15) is 5.82 Å². The van der Waals surface area contributed by atoms with Crippen LogP contribution in [-0.2, 0) is 0 Å². The average molecular weight is 214 g/mol. The number of pyridine rings is 1. The van der Waals surface area contributed by atoms with E-state index in [9.17, 15) is 0 Å². The molecule has 1 unspecified atom stereocenters. The molecule has 0 spiro atoms. The third-order valence-corrected chi connectivity index (χ3v) is 3.16. The molecule has 0 fully saturated rings. The summed E-state index contributed by atoms with van der Waals surface area (Å²) in [4.78, 5) is 8.34. The predicted molar refractivity (Wildman–Crippen MR) is 57.6 cm³/mol. The molecule has 0 aliphatic carbocycles. The molecule has 0 bridgehead atoms. The van der Waals surface area contributed by atoms with Crippen LogP contribution in [0, 0.1) is 0 Å². The van der Waals surface area contributed by atoms with Crippen LogP contribution in [-0.4, -0.2) is 21.9 Å². The number of halogens is 1. The number of rotatable bonds is 1. The molecule has 1 aliphatic rings. The summed E-state index contributed by atoms with van der Waals surface area (Å²) in [5.74, 6) is 0.779. The minimum absolute atomic E-state index is 0.779. The van der Waals surface area contributed by atoms with Gasteiger partial charge in [-0.1, -0.05) is 23.4 Å². The van der Waals surface area contributed by atoms with Crippen LogP contribution in [0.4, 0.5) is 5.82 Å². The van der Waals surface area contributed by atoms with Crippen molar-refractivity contribution in [3.05, 3.63) is 23.9 Å². The van der Waals surface area contributed by atoms with Crippen molar-refractivity contribution < 1.29 is 0 Å². The van der Waals surface area contributed by atoms with Crippen molar-refractivity contribution in [2.45, 2.75) is 4.45 Å². The molecule has 1 aromatic heterocycles. The quantitative estimate of drug-likeness (QED) is 0.574. The van der Waals surface area contributed by atoms with Crippen LogP contribution < -0.4 is 5.32 Å². The van der Waals surface area contributed by atoms with Crippen molar-refractivity contribution in [2.24, 2.45) is 4.99 Å². The molecule has 1 aliphatic heterocycles. The van der Waals surface area contributed by atoms with E-state index in [0.717, 1.165) is 11.4 Å². The molecular formula is C8H8ClN3S. The summed E-state index contributed by atoms with van der Waals surface area (Å²) in [6, 6.07) is 3.81. The van der Waals surface area contributed by atoms with Crippen LogP contribution in [0.25, 0.3) is 0 Å². The van der Waals surface area contributed by atoms with Gasteiger partial charge in [-0.15, -0.1) is 0 Å². The van der Waals surface area contributed by atoms with Crippen LogP contribution in [0.15, 0.2) is 23.3 Å². The smallest absolute Gasteiger partial charge is 0.256 e. The normalized spacial score (nSPS) is 25.1. The maximum absolute atomic E-state index is 6.10. The molecule has 3 nitrogen and oxygen atoms in total. The Balaban J connectivity index is 2.39. The average Bonchev–Trinajstić information content (AvgIpc) is 2.18. The first kappa shape index (κ1) is 8.84. The summed E-state index contributed by atoms with van der Waals surface area (Å²) in [6.45, 7) is 0. The lowest BCUT2D eigenvalue weighted by Crippen LogP contribution is -2.29. The van der Waals surface area contributed by atoms with Crippen molar-refractivity contribution in [3.8, 4) is 0 Å². The molecule has 5 heteroatoms. The van der Waals surface area contributed by atoms with Crippen LogP contribution in [0.3, 0.4) is 0 Å². The Morgan fingerprint density at radius 3 is 3.23 bits per heavy atom. The molecule has 0 amide bonds. The number of hydrogen-bond acceptors (Lipinski definition) is 4. The Morgan fingerprint density at radius 1 is 1.62 bits per heavy atom. The third kappa shape index (κ3) is 1.64. The van der Waals surface area contributed by atoms with Gasteiger partial charge < -0.3 is 5.32 Å². The molecule has 68 valence electrons. The second kappa shape index (κ2) is 3.20. The molecule has 2 heterocycles. The number of aliphatic imine (C=N–C) groups is 1. The number of aromatic nitrogens is 1. The fraction of sp³-hybridized carbons (Fsp3) is 0.250. The first-order chi connectivity index (χ1) is 6.23. The number of alkyl halides is 1. The molecule has 1 aromatic rings. The summed E-state index contributed by atoms with van der Waals surface area (Å²) in [5.41, 5.74) is 0.966. The van der Waals surface area contributed by atoms with E-state index in [1.165, 1.54) is 11.8 Å². The summed E-state index contributed by atoms with van der Waals surface area (Å²) in [6.07, 6.45) is 5.36. The van der Waals surface area contributed by atoms with Gasteiger partial charge in [0.2, 0.25) is 0 Å². The molecule has 1 N–H and O–H groups in total. The SMILES string of the molecule is CSC1(Cl)N=Cc2cccnc2N1. The molecule has 0 saturated carbocycles. The van der Waals surface area contributed by atoms with Gasteiger partial charge in [0.25, 0.3) is 4.45 Å². The molecule has 0 aromatic carbocycles. The molecule has 0 saturated heterocycles. The Kier molecular flexibility index (Phi) is 2.17. The van der Waals surface area contributed by atoms with Crippen molar-refractivity contribution in [1.82, 2.24) is 4.98 Å². The van der Waals surface area contributed by atoms with E-state index in [0.29, 0.717) is 0 Å². The highest BCUT2D eigenvalue weighted by molar-refractivity contribution is 8.01. The lowest BCUT2D eigenvalue weighted by molar-refractivity contribution is 0.946. The lowest BCUT2D eigenvalue weighted by Gasteiger charge is -2.26. The van der Waals surface area contributed by atoms with E-state index in [1.54, 1.807) is 12.4 Å². The van der Waals surface area contributed by atoms with Crippen molar-refractivity contribution >= 4 is 35.4 Å². The minimum atomic E-state index is -0.790. The number of anilines is 1. The summed E-state index contributed by atoms with van der Waals surface area (Å²) in [5, 5.41) is 3.04. The Hall–Kier alpha value is -0.740. The second-order valence-corrected chi connectivity index (χ2v) is 4.36. The van der Waals surface area contributed by atoms with Gasteiger partial charge in [0.05, 0.1) is 0 Å². The zero-order valence-electron chi connectivity index (χ0n) is 6.99. The highest BCUT2D eigenvalue weighted by Crippen LogP contribution is 2.33. The topological polar surface area (TPSA) is 37.3 Å². The van der Waals surface area contributed by atoms with Gasteiger partial charge >= 0.3 is 0 Å². The monoisotopic (exact) mass is 213 g/mol. The van der Waals surface area contributed by atoms with Crippen molar-refractivity contribution in [3.63, 3.8) is 0 Å². The number of fused-ring (bicyclic) bond motifs is 1. The Labute approximate surface area is 85.6 Å². The molecular weight excluding hydrogens is 206 g/mol. The van der Waals surface area contributed by atoms with E-state index in [-0.39, 0.29) is 0 Å². The highest BCUT2D eigenvalue weighted by atomic mass is 35.5. The van der Waals surface area contributed by atoms with Crippen LogP contribution in [0.1, 0.15) is 5.56 Å².